The van der Waals surface area contributed by atoms with Crippen LogP contribution in [0.3, 0.4) is 0 Å². The van der Waals surface area contributed by atoms with Crippen LogP contribution in [-0.4, -0.2) is 27.4 Å². The molecule has 6 heteroatoms. The summed E-state index contributed by atoms with van der Waals surface area (Å²) in [6.45, 7) is 3.91. The number of nitrogens with zero attached hydrogens (tertiary/aromatic N) is 1. The Morgan fingerprint density at radius 1 is 1.07 bits per heavy atom. The van der Waals surface area contributed by atoms with Gasteiger partial charge in [0.25, 0.3) is 15.9 Å². The molecule has 1 aliphatic rings. The summed E-state index contributed by atoms with van der Waals surface area (Å²) in [5.41, 5.74) is 2.45. The number of sulfonamides is 1. The van der Waals surface area contributed by atoms with Crippen molar-refractivity contribution < 1.29 is 13.2 Å². The fraction of sp³-hybridized carbons (Fsp3) is 0.286. The predicted octanol–water partition coefficient (Wildman–Crippen LogP) is 3.53. The fourth-order valence-electron chi connectivity index (χ4n) is 3.39. The maximum atomic E-state index is 13.2. The summed E-state index contributed by atoms with van der Waals surface area (Å²) >= 11 is 0. The monoisotopic (exact) mass is 384 g/mol. The minimum atomic E-state index is -3.97. The van der Waals surface area contributed by atoms with Gasteiger partial charge in [-0.2, -0.15) is 0 Å². The van der Waals surface area contributed by atoms with E-state index in [-0.39, 0.29) is 10.9 Å². The number of fused-ring (bicyclic) bond motifs is 1. The van der Waals surface area contributed by atoms with Gasteiger partial charge >= 0.3 is 0 Å². The van der Waals surface area contributed by atoms with E-state index < -0.39 is 15.9 Å². The van der Waals surface area contributed by atoms with Crippen LogP contribution in [0.5, 0.6) is 0 Å². The number of hydrogen-bond donors (Lipinski definition) is 1. The molecule has 1 heterocycles. The highest BCUT2D eigenvalue weighted by atomic mass is 32.2. The van der Waals surface area contributed by atoms with Gasteiger partial charge in [-0.25, -0.2) is 8.42 Å². The van der Waals surface area contributed by atoms with Crippen molar-refractivity contribution in [3.8, 4) is 0 Å². The Bertz CT molecular complexity index is 981. The van der Waals surface area contributed by atoms with E-state index in [2.05, 4.69) is 5.32 Å². The van der Waals surface area contributed by atoms with E-state index in [4.69, 9.17) is 0 Å². The van der Waals surface area contributed by atoms with Gasteiger partial charge in [0, 0.05) is 24.2 Å². The zero-order valence-electron chi connectivity index (χ0n) is 15.8. The topological polar surface area (TPSA) is 66.5 Å². The Labute approximate surface area is 160 Å². The van der Waals surface area contributed by atoms with E-state index in [0.29, 0.717) is 16.8 Å². The molecule has 0 radical (unpaired) electrons. The van der Waals surface area contributed by atoms with Crippen LogP contribution in [0.15, 0.2) is 59.5 Å². The second kappa shape index (κ2) is 7.56. The standard InChI is InChI=1S/C21H24N2O3S/c1-4-10-15(2)22-21(24)20-19(16-11-6-5-7-12-16)17-13-8-9-14-18(17)23(3)27(20,25)26/h5-9,11-15H,4,10H2,1-3H3,(H,22,24)/t15-/m0/s1. The molecular weight excluding hydrogens is 360 g/mol. The molecule has 0 fully saturated rings. The van der Waals surface area contributed by atoms with Gasteiger partial charge in [0.2, 0.25) is 0 Å². The number of anilines is 1. The summed E-state index contributed by atoms with van der Waals surface area (Å²) in [5, 5.41) is 2.85. The lowest BCUT2D eigenvalue weighted by atomic mass is 9.95. The van der Waals surface area contributed by atoms with Crippen molar-refractivity contribution in [2.24, 2.45) is 0 Å². The molecule has 0 aromatic heterocycles. The van der Waals surface area contributed by atoms with E-state index in [1.165, 1.54) is 11.4 Å². The largest absolute Gasteiger partial charge is 0.349 e. The van der Waals surface area contributed by atoms with Crippen LogP contribution in [0.1, 0.15) is 37.8 Å². The molecule has 0 saturated carbocycles. The lowest BCUT2D eigenvalue weighted by molar-refractivity contribution is -0.117. The number of carbonyl (C=O) groups is 1. The van der Waals surface area contributed by atoms with E-state index in [9.17, 15) is 13.2 Å². The molecule has 5 nitrogen and oxygen atoms in total. The molecule has 1 amide bonds. The molecule has 0 spiro atoms. The Hall–Kier alpha value is -2.60. The van der Waals surface area contributed by atoms with Gasteiger partial charge in [0.05, 0.1) is 5.69 Å². The summed E-state index contributed by atoms with van der Waals surface area (Å²) in [7, 11) is -2.49. The number of amides is 1. The lowest BCUT2D eigenvalue weighted by Gasteiger charge is -2.31. The molecule has 1 aliphatic heterocycles. The Kier molecular flexibility index (Phi) is 5.37. The minimum absolute atomic E-state index is 0.107. The quantitative estimate of drug-likeness (QED) is 0.858. The van der Waals surface area contributed by atoms with Gasteiger partial charge in [0.15, 0.2) is 4.91 Å². The average Bonchev–Trinajstić information content (AvgIpc) is 2.65. The molecule has 0 unspecified atom stereocenters. The number of benzene rings is 2. The summed E-state index contributed by atoms with van der Waals surface area (Å²) in [6.07, 6.45) is 1.69. The number of rotatable bonds is 5. The molecule has 0 bridgehead atoms. The third-order valence-electron chi connectivity index (χ3n) is 4.73. The predicted molar refractivity (Wildman–Crippen MR) is 109 cm³/mol. The SMILES string of the molecule is CCC[C@H](C)NC(=O)C1=C(c2ccccc2)c2ccccc2N(C)S1(=O)=O. The average molecular weight is 385 g/mol. The van der Waals surface area contributed by atoms with Crippen LogP contribution in [0.2, 0.25) is 0 Å². The van der Waals surface area contributed by atoms with Crippen LogP contribution in [0.25, 0.3) is 5.57 Å². The molecule has 1 atom stereocenters. The molecule has 2 aromatic carbocycles. The van der Waals surface area contributed by atoms with E-state index in [0.717, 1.165) is 18.4 Å². The first kappa shape index (κ1) is 19.2. The zero-order valence-corrected chi connectivity index (χ0v) is 16.6. The van der Waals surface area contributed by atoms with Crippen molar-refractivity contribution in [2.45, 2.75) is 32.7 Å². The van der Waals surface area contributed by atoms with Gasteiger partial charge in [-0.15, -0.1) is 0 Å². The molecule has 1 N–H and O–H groups in total. The third-order valence-corrected chi connectivity index (χ3v) is 6.55. The highest BCUT2D eigenvalue weighted by molar-refractivity contribution is 7.97. The summed E-state index contributed by atoms with van der Waals surface area (Å²) in [4.78, 5) is 12.9. The van der Waals surface area contributed by atoms with Gasteiger partial charge < -0.3 is 5.32 Å². The van der Waals surface area contributed by atoms with Gasteiger partial charge in [0.1, 0.15) is 0 Å². The van der Waals surface area contributed by atoms with Crippen molar-refractivity contribution >= 4 is 27.2 Å². The molecule has 27 heavy (non-hydrogen) atoms. The maximum absolute atomic E-state index is 13.2. The zero-order chi connectivity index (χ0) is 19.6. The number of para-hydroxylation sites is 1. The van der Waals surface area contributed by atoms with Crippen LogP contribution in [0.4, 0.5) is 5.69 Å². The Morgan fingerprint density at radius 3 is 2.37 bits per heavy atom. The fourth-order valence-corrected chi connectivity index (χ4v) is 4.86. The van der Waals surface area contributed by atoms with Crippen molar-refractivity contribution in [1.29, 1.82) is 0 Å². The van der Waals surface area contributed by atoms with E-state index >= 15 is 0 Å². The first-order valence-corrected chi connectivity index (χ1v) is 10.5. The molecule has 2 aromatic rings. The van der Waals surface area contributed by atoms with Gasteiger partial charge in [-0.1, -0.05) is 61.9 Å². The van der Waals surface area contributed by atoms with Crippen molar-refractivity contribution in [2.75, 3.05) is 11.4 Å². The van der Waals surface area contributed by atoms with Gasteiger partial charge in [-0.05, 0) is 25.0 Å². The van der Waals surface area contributed by atoms with Crippen molar-refractivity contribution in [1.82, 2.24) is 5.32 Å². The normalized spacial score (nSPS) is 16.6. The van der Waals surface area contributed by atoms with Crippen LogP contribution in [-0.2, 0) is 14.8 Å². The molecule has 0 aliphatic carbocycles. The Morgan fingerprint density at radius 2 is 1.70 bits per heavy atom. The third kappa shape index (κ3) is 3.49. The number of carbonyl (C=O) groups excluding carboxylic acids is 1. The molecule has 0 saturated heterocycles. The smallest absolute Gasteiger partial charge is 0.270 e. The molecular formula is C21H24N2O3S. The highest BCUT2D eigenvalue weighted by Crippen LogP contribution is 2.41. The Balaban J connectivity index is 2.27. The number of hydrogen-bond acceptors (Lipinski definition) is 3. The highest BCUT2D eigenvalue weighted by Gasteiger charge is 2.39. The van der Waals surface area contributed by atoms with E-state index in [1.54, 1.807) is 12.1 Å². The maximum Gasteiger partial charge on any atom is 0.270 e. The van der Waals surface area contributed by atoms with Crippen LogP contribution < -0.4 is 9.62 Å². The summed E-state index contributed by atoms with van der Waals surface area (Å²) < 4.78 is 27.7. The minimum Gasteiger partial charge on any atom is -0.349 e. The van der Waals surface area contributed by atoms with Crippen molar-refractivity contribution in [3.05, 3.63) is 70.6 Å². The number of nitrogens with one attached hydrogen (secondary N) is 1. The molecule has 142 valence electrons. The first-order valence-electron chi connectivity index (χ1n) is 9.06. The second-order valence-electron chi connectivity index (χ2n) is 6.72. The second-order valence-corrected chi connectivity index (χ2v) is 8.63. The van der Waals surface area contributed by atoms with Crippen molar-refractivity contribution in [3.63, 3.8) is 0 Å². The van der Waals surface area contributed by atoms with Crippen LogP contribution in [0, 0.1) is 0 Å². The van der Waals surface area contributed by atoms with Crippen LogP contribution >= 0.6 is 0 Å². The molecule has 3 rings (SSSR count). The lowest BCUT2D eigenvalue weighted by Crippen LogP contribution is -2.42. The van der Waals surface area contributed by atoms with Gasteiger partial charge in [-0.3, -0.25) is 9.10 Å². The summed E-state index contributed by atoms with van der Waals surface area (Å²) in [6, 6.07) is 16.3. The first-order chi connectivity index (χ1) is 12.9. The summed E-state index contributed by atoms with van der Waals surface area (Å²) in [5.74, 6) is -0.559. The van der Waals surface area contributed by atoms with E-state index in [1.807, 2.05) is 56.3 Å².